The number of amides is 1. The van der Waals surface area contributed by atoms with Crippen molar-refractivity contribution in [3.8, 4) is 11.5 Å². The molecule has 0 bridgehead atoms. The van der Waals surface area contributed by atoms with E-state index in [1.807, 2.05) is 55.5 Å². The molecule has 0 spiro atoms. The Morgan fingerprint density at radius 3 is 2.40 bits per heavy atom. The predicted octanol–water partition coefficient (Wildman–Crippen LogP) is 5.77. The Balaban J connectivity index is 1.36. The topological polar surface area (TPSA) is 65.4 Å². The van der Waals surface area contributed by atoms with Crippen LogP contribution < -0.4 is 14.8 Å². The molecule has 0 aliphatic rings. The summed E-state index contributed by atoms with van der Waals surface area (Å²) in [5.74, 6) is 2.32. The molecule has 0 aliphatic heterocycles. The largest absolute Gasteiger partial charge is 0.493 e. The molecule has 0 radical (unpaired) electrons. The smallest absolute Gasteiger partial charge is 0.258 e. The predicted molar refractivity (Wildman–Crippen MR) is 139 cm³/mol. The van der Waals surface area contributed by atoms with Gasteiger partial charge in [-0.3, -0.25) is 4.79 Å². The van der Waals surface area contributed by atoms with Crippen molar-refractivity contribution in [1.29, 1.82) is 0 Å². The van der Waals surface area contributed by atoms with Crippen molar-refractivity contribution in [3.05, 3.63) is 89.7 Å². The molecule has 0 fully saturated rings. The van der Waals surface area contributed by atoms with E-state index in [1.165, 1.54) is 0 Å². The average Bonchev–Trinajstić information content (AvgIpc) is 3.23. The molecular formula is C29H33N3O3. The highest BCUT2D eigenvalue weighted by Gasteiger charge is 2.18. The standard InChI is InChI=1S/C29H33N3O3/c1-21-12-11-13-22(2)28(21)34-19-10-9-18-32-26-17-8-7-16-25(26)31-29(32)23(3)30-27(33)20-35-24-14-5-4-6-15-24/h4-8,11-17,23H,9-10,18-20H2,1-3H3,(H,30,33). The van der Waals surface area contributed by atoms with Gasteiger partial charge in [-0.25, -0.2) is 4.98 Å². The van der Waals surface area contributed by atoms with Crippen LogP contribution in [0, 0.1) is 13.8 Å². The Bertz CT molecular complexity index is 1250. The fourth-order valence-corrected chi connectivity index (χ4v) is 4.25. The van der Waals surface area contributed by atoms with Gasteiger partial charge in [0.25, 0.3) is 5.91 Å². The number of aromatic nitrogens is 2. The Morgan fingerprint density at radius 1 is 0.914 bits per heavy atom. The van der Waals surface area contributed by atoms with Crippen molar-refractivity contribution in [2.45, 2.75) is 46.2 Å². The number of carbonyl (C=O) groups excluding carboxylic acids is 1. The fourth-order valence-electron chi connectivity index (χ4n) is 4.25. The molecule has 0 saturated carbocycles. The molecule has 1 amide bonds. The van der Waals surface area contributed by atoms with Crippen LogP contribution in [-0.2, 0) is 11.3 Å². The zero-order valence-corrected chi connectivity index (χ0v) is 20.7. The van der Waals surface area contributed by atoms with Crippen LogP contribution in [0.3, 0.4) is 0 Å². The molecule has 0 saturated heterocycles. The summed E-state index contributed by atoms with van der Waals surface area (Å²) in [7, 11) is 0. The minimum absolute atomic E-state index is 0.0375. The molecule has 35 heavy (non-hydrogen) atoms. The normalized spacial score (nSPS) is 11.9. The van der Waals surface area contributed by atoms with E-state index < -0.39 is 0 Å². The molecule has 3 aromatic carbocycles. The molecule has 182 valence electrons. The lowest BCUT2D eigenvalue weighted by atomic mass is 10.1. The lowest BCUT2D eigenvalue weighted by molar-refractivity contribution is -0.123. The van der Waals surface area contributed by atoms with Gasteiger partial charge in [0.1, 0.15) is 17.3 Å². The average molecular weight is 472 g/mol. The van der Waals surface area contributed by atoms with Crippen LogP contribution in [0.4, 0.5) is 0 Å². The molecule has 4 aromatic rings. The molecule has 1 aromatic heterocycles. The molecule has 6 nitrogen and oxygen atoms in total. The number of imidazole rings is 1. The number of unbranched alkanes of at least 4 members (excludes halogenated alkanes) is 1. The monoisotopic (exact) mass is 471 g/mol. The van der Waals surface area contributed by atoms with Crippen LogP contribution in [0.15, 0.2) is 72.8 Å². The van der Waals surface area contributed by atoms with Crippen molar-refractivity contribution >= 4 is 16.9 Å². The van der Waals surface area contributed by atoms with Crippen LogP contribution in [0.1, 0.15) is 42.8 Å². The van der Waals surface area contributed by atoms with Crippen LogP contribution in [0.5, 0.6) is 11.5 Å². The maximum absolute atomic E-state index is 12.5. The third-order valence-corrected chi connectivity index (χ3v) is 5.99. The van der Waals surface area contributed by atoms with Crippen LogP contribution in [-0.4, -0.2) is 28.7 Å². The van der Waals surface area contributed by atoms with E-state index in [4.69, 9.17) is 14.5 Å². The first-order chi connectivity index (χ1) is 17.0. The number of rotatable bonds is 11. The maximum atomic E-state index is 12.5. The molecule has 1 unspecified atom stereocenters. The van der Waals surface area contributed by atoms with Crippen LogP contribution in [0.2, 0.25) is 0 Å². The van der Waals surface area contributed by atoms with Crippen molar-refractivity contribution in [3.63, 3.8) is 0 Å². The SMILES string of the molecule is Cc1cccc(C)c1OCCCCn1c(C(C)NC(=O)COc2ccccc2)nc2ccccc21. The van der Waals surface area contributed by atoms with Crippen LogP contribution in [0.25, 0.3) is 11.0 Å². The van der Waals surface area contributed by atoms with Gasteiger partial charge in [0.15, 0.2) is 6.61 Å². The zero-order valence-electron chi connectivity index (χ0n) is 20.7. The second-order valence-corrected chi connectivity index (χ2v) is 8.78. The first-order valence-electron chi connectivity index (χ1n) is 12.1. The summed E-state index contributed by atoms with van der Waals surface area (Å²) in [6.45, 7) is 7.54. The minimum atomic E-state index is -0.250. The highest BCUT2D eigenvalue weighted by atomic mass is 16.5. The number of nitrogens with one attached hydrogen (secondary N) is 1. The second-order valence-electron chi connectivity index (χ2n) is 8.78. The molecule has 6 heteroatoms. The Hall–Kier alpha value is -3.80. The number of ether oxygens (including phenoxy) is 2. The van der Waals surface area contributed by atoms with E-state index in [9.17, 15) is 4.79 Å². The van der Waals surface area contributed by atoms with E-state index in [2.05, 4.69) is 48.0 Å². The van der Waals surface area contributed by atoms with Gasteiger partial charge in [-0.2, -0.15) is 0 Å². The quantitative estimate of drug-likeness (QED) is 0.282. The molecule has 4 rings (SSSR count). The van der Waals surface area contributed by atoms with Gasteiger partial charge < -0.3 is 19.4 Å². The van der Waals surface area contributed by atoms with E-state index in [1.54, 1.807) is 0 Å². The zero-order chi connectivity index (χ0) is 24.6. The van der Waals surface area contributed by atoms with Gasteiger partial charge in [0.05, 0.1) is 23.7 Å². The van der Waals surface area contributed by atoms with E-state index in [-0.39, 0.29) is 18.6 Å². The third-order valence-electron chi connectivity index (χ3n) is 5.99. The summed E-state index contributed by atoms with van der Waals surface area (Å²) in [6.07, 6.45) is 1.86. The van der Waals surface area contributed by atoms with Crippen molar-refractivity contribution in [1.82, 2.24) is 14.9 Å². The number of hydrogen-bond donors (Lipinski definition) is 1. The highest BCUT2D eigenvalue weighted by Crippen LogP contribution is 2.24. The first-order valence-corrected chi connectivity index (χ1v) is 12.1. The minimum Gasteiger partial charge on any atom is -0.493 e. The van der Waals surface area contributed by atoms with E-state index in [0.29, 0.717) is 12.4 Å². The maximum Gasteiger partial charge on any atom is 0.258 e. The van der Waals surface area contributed by atoms with Crippen molar-refractivity contribution in [2.24, 2.45) is 0 Å². The first kappa shape index (κ1) is 24.3. The summed E-state index contributed by atoms with van der Waals surface area (Å²) in [5, 5.41) is 3.03. The third kappa shape index (κ3) is 6.21. The van der Waals surface area contributed by atoms with Crippen molar-refractivity contribution < 1.29 is 14.3 Å². The van der Waals surface area contributed by atoms with Gasteiger partial charge in [-0.15, -0.1) is 0 Å². The highest BCUT2D eigenvalue weighted by molar-refractivity contribution is 5.79. The number of nitrogens with zero attached hydrogens (tertiary/aromatic N) is 2. The summed E-state index contributed by atoms with van der Waals surface area (Å²) >= 11 is 0. The summed E-state index contributed by atoms with van der Waals surface area (Å²) in [6, 6.07) is 23.4. The summed E-state index contributed by atoms with van der Waals surface area (Å²) in [4.78, 5) is 17.4. The van der Waals surface area contributed by atoms with E-state index >= 15 is 0 Å². The van der Waals surface area contributed by atoms with Crippen LogP contribution >= 0.6 is 0 Å². The van der Waals surface area contributed by atoms with Crippen molar-refractivity contribution in [2.75, 3.05) is 13.2 Å². The second kappa shape index (κ2) is 11.6. The number of fused-ring (bicyclic) bond motifs is 1. The molecule has 1 heterocycles. The molecule has 1 N–H and O–H groups in total. The summed E-state index contributed by atoms with van der Waals surface area (Å²) < 4.78 is 13.9. The number of para-hydroxylation sites is 4. The molecular weight excluding hydrogens is 438 g/mol. The van der Waals surface area contributed by atoms with Gasteiger partial charge in [0.2, 0.25) is 0 Å². The lowest BCUT2D eigenvalue weighted by Crippen LogP contribution is -2.32. The van der Waals surface area contributed by atoms with Gasteiger partial charge in [-0.05, 0) is 69.0 Å². The van der Waals surface area contributed by atoms with E-state index in [0.717, 1.165) is 53.1 Å². The number of benzene rings is 3. The Kier molecular flexibility index (Phi) is 8.03. The number of aryl methyl sites for hydroxylation is 3. The van der Waals surface area contributed by atoms with Gasteiger partial charge >= 0.3 is 0 Å². The lowest BCUT2D eigenvalue weighted by Gasteiger charge is -2.17. The van der Waals surface area contributed by atoms with Gasteiger partial charge in [0, 0.05) is 6.54 Å². The Labute approximate surface area is 206 Å². The number of carbonyl (C=O) groups is 1. The summed E-state index contributed by atoms with van der Waals surface area (Å²) in [5.41, 5.74) is 4.32. The number of hydrogen-bond acceptors (Lipinski definition) is 4. The fraction of sp³-hybridized carbons (Fsp3) is 0.310. The molecule has 1 atom stereocenters. The van der Waals surface area contributed by atoms with Gasteiger partial charge in [-0.1, -0.05) is 48.5 Å². The Morgan fingerprint density at radius 2 is 1.63 bits per heavy atom. The molecule has 0 aliphatic carbocycles.